The van der Waals surface area contributed by atoms with Gasteiger partial charge in [0.15, 0.2) is 5.78 Å². The largest absolute Gasteiger partial charge is 0.494 e. The fraction of sp³-hybridized carbons (Fsp3) is 0.514. The Hall–Kier alpha value is -2.61. The van der Waals surface area contributed by atoms with Gasteiger partial charge in [-0.1, -0.05) is 127 Å². The molecule has 3 rings (SSSR count). The molecule has 2 nitrogen and oxygen atoms in total. The number of hydrogen-bond donors (Lipinski definition) is 0. The molecule has 3 aromatic carbocycles. The average molecular weight is 501 g/mol. The van der Waals surface area contributed by atoms with Gasteiger partial charge in [0.2, 0.25) is 0 Å². The molecule has 0 aliphatic rings. The van der Waals surface area contributed by atoms with E-state index in [1.165, 1.54) is 73.3 Å². The van der Waals surface area contributed by atoms with Crippen molar-refractivity contribution in [1.82, 2.24) is 0 Å². The molecule has 0 aromatic heterocycles. The van der Waals surface area contributed by atoms with E-state index in [4.69, 9.17) is 4.74 Å². The Labute approximate surface area is 225 Å². The van der Waals surface area contributed by atoms with Crippen LogP contribution in [0.2, 0.25) is 0 Å². The van der Waals surface area contributed by atoms with E-state index in [1.807, 2.05) is 12.1 Å². The van der Waals surface area contributed by atoms with Gasteiger partial charge in [0.1, 0.15) is 5.75 Å². The summed E-state index contributed by atoms with van der Waals surface area (Å²) in [6, 6.07) is 21.5. The second kappa shape index (κ2) is 16.3. The Bertz CT molecular complexity index is 1070. The number of carbonyl (C=O) groups excluding carboxylic acids is 1. The summed E-state index contributed by atoms with van der Waals surface area (Å²) in [6.07, 6.45) is 15.5. The molecule has 0 unspecified atom stereocenters. The Morgan fingerprint density at radius 1 is 0.676 bits per heavy atom. The lowest BCUT2D eigenvalue weighted by Gasteiger charge is -2.11. The predicted molar refractivity (Wildman–Crippen MR) is 159 cm³/mol. The van der Waals surface area contributed by atoms with E-state index in [0.717, 1.165) is 50.0 Å². The first kappa shape index (κ1) is 29.0. The molecule has 0 aliphatic heterocycles. The highest BCUT2D eigenvalue weighted by atomic mass is 16.5. The molecule has 0 saturated carbocycles. The predicted octanol–water partition coefficient (Wildman–Crippen LogP) is 10.2. The number of ether oxygens (including phenoxy) is 1. The summed E-state index contributed by atoms with van der Waals surface area (Å²) in [6.45, 7) is 7.36. The van der Waals surface area contributed by atoms with Gasteiger partial charge in [0, 0.05) is 11.5 Å². The van der Waals surface area contributed by atoms with Crippen molar-refractivity contribution < 1.29 is 9.53 Å². The van der Waals surface area contributed by atoms with Gasteiger partial charge < -0.3 is 4.74 Å². The highest BCUT2D eigenvalue weighted by Gasteiger charge is 2.14. The van der Waals surface area contributed by atoms with E-state index in [0.29, 0.717) is 0 Å². The second-order valence-corrected chi connectivity index (χ2v) is 10.8. The molecule has 3 aromatic rings. The molecule has 0 radical (unpaired) electrons. The van der Waals surface area contributed by atoms with E-state index >= 15 is 0 Å². The maximum absolute atomic E-state index is 12.8. The average Bonchev–Trinajstić information content (AvgIpc) is 2.93. The Balaban J connectivity index is 1.45. The van der Waals surface area contributed by atoms with Gasteiger partial charge in [-0.25, -0.2) is 0 Å². The fourth-order valence-corrected chi connectivity index (χ4v) is 5.01. The molecule has 0 fully saturated rings. The molecular formula is C35H48O2. The van der Waals surface area contributed by atoms with E-state index in [2.05, 4.69) is 69.3 Å². The Kier molecular flexibility index (Phi) is 12.7. The van der Waals surface area contributed by atoms with Gasteiger partial charge in [-0.3, -0.25) is 4.79 Å². The van der Waals surface area contributed by atoms with Crippen molar-refractivity contribution in [1.29, 1.82) is 0 Å². The fourth-order valence-electron chi connectivity index (χ4n) is 5.01. The molecule has 0 heterocycles. The zero-order valence-corrected chi connectivity index (χ0v) is 23.6. The molecule has 200 valence electrons. The van der Waals surface area contributed by atoms with E-state index < -0.39 is 0 Å². The smallest absolute Gasteiger partial charge is 0.165 e. The van der Waals surface area contributed by atoms with Gasteiger partial charge in [-0.05, 0) is 59.7 Å². The van der Waals surface area contributed by atoms with Gasteiger partial charge in [0.05, 0.1) is 6.61 Å². The minimum absolute atomic E-state index is 0.113. The molecule has 0 bridgehead atoms. The second-order valence-electron chi connectivity index (χ2n) is 10.8. The van der Waals surface area contributed by atoms with Crippen LogP contribution in [0.3, 0.4) is 0 Å². The number of benzene rings is 3. The summed E-state index contributed by atoms with van der Waals surface area (Å²) in [5.74, 6) is 1.37. The first-order valence-corrected chi connectivity index (χ1v) is 14.9. The van der Waals surface area contributed by atoms with Crippen LogP contribution in [0.1, 0.15) is 113 Å². The summed E-state index contributed by atoms with van der Waals surface area (Å²) in [5, 5.41) is 2.49. The molecule has 0 N–H and O–H groups in total. The minimum Gasteiger partial charge on any atom is -0.494 e. The van der Waals surface area contributed by atoms with Crippen LogP contribution in [0.15, 0.2) is 60.7 Å². The van der Waals surface area contributed by atoms with Crippen LogP contribution in [-0.2, 0) is 12.8 Å². The molecule has 0 amide bonds. The summed E-state index contributed by atoms with van der Waals surface area (Å²) in [5.41, 5.74) is 3.48. The van der Waals surface area contributed by atoms with Crippen molar-refractivity contribution in [2.24, 2.45) is 5.92 Å². The zero-order valence-electron chi connectivity index (χ0n) is 23.6. The Morgan fingerprint density at radius 2 is 1.27 bits per heavy atom. The SMILES string of the molecule is CCCCCCCCOc1ccc2cc(CCc3ccc(C(=O)[C@H](C)CCCCCC)cc3)ccc2c1. The van der Waals surface area contributed by atoms with Crippen LogP contribution in [0.4, 0.5) is 0 Å². The number of Topliss-reactive ketones (excluding diaryl/α,β-unsaturated/α-hetero) is 1. The standard InChI is InChI=1S/C35H48O2/c1-4-6-8-10-11-13-25-37-34-24-23-32-26-30(19-22-33(32)27-34)16-15-29-17-20-31(21-18-29)35(36)28(3)14-12-9-7-5-2/h17-24,26-28H,4-16,25H2,1-3H3/t28-/m1/s1. The number of ketones is 1. The normalized spacial score (nSPS) is 12.1. The van der Waals surface area contributed by atoms with E-state index in [1.54, 1.807) is 0 Å². The van der Waals surface area contributed by atoms with Crippen LogP contribution in [0.5, 0.6) is 5.75 Å². The molecular weight excluding hydrogens is 452 g/mol. The van der Waals surface area contributed by atoms with E-state index in [9.17, 15) is 4.79 Å². The molecule has 37 heavy (non-hydrogen) atoms. The lowest BCUT2D eigenvalue weighted by Crippen LogP contribution is -2.11. The molecule has 0 spiro atoms. The van der Waals surface area contributed by atoms with Crippen LogP contribution in [0, 0.1) is 5.92 Å². The van der Waals surface area contributed by atoms with Crippen LogP contribution < -0.4 is 4.74 Å². The molecule has 0 aliphatic carbocycles. The van der Waals surface area contributed by atoms with Crippen molar-refractivity contribution >= 4 is 16.6 Å². The Morgan fingerprint density at radius 3 is 2.03 bits per heavy atom. The van der Waals surface area contributed by atoms with Crippen molar-refractivity contribution in [3.63, 3.8) is 0 Å². The number of unbranched alkanes of at least 4 members (excludes halogenated alkanes) is 8. The van der Waals surface area contributed by atoms with Crippen molar-refractivity contribution in [2.75, 3.05) is 6.61 Å². The number of rotatable bonds is 18. The van der Waals surface area contributed by atoms with Gasteiger partial charge >= 0.3 is 0 Å². The van der Waals surface area contributed by atoms with Crippen LogP contribution in [0.25, 0.3) is 10.8 Å². The zero-order chi connectivity index (χ0) is 26.3. The van der Waals surface area contributed by atoms with Gasteiger partial charge in [-0.15, -0.1) is 0 Å². The summed E-state index contributed by atoms with van der Waals surface area (Å²) in [4.78, 5) is 12.8. The highest BCUT2D eigenvalue weighted by molar-refractivity contribution is 5.97. The van der Waals surface area contributed by atoms with E-state index in [-0.39, 0.29) is 11.7 Å². The monoisotopic (exact) mass is 500 g/mol. The number of fused-ring (bicyclic) bond motifs is 1. The third-order valence-corrected chi connectivity index (χ3v) is 7.52. The maximum Gasteiger partial charge on any atom is 0.165 e. The van der Waals surface area contributed by atoms with Crippen molar-refractivity contribution in [3.8, 4) is 5.75 Å². The highest BCUT2D eigenvalue weighted by Crippen LogP contribution is 2.24. The topological polar surface area (TPSA) is 26.3 Å². The maximum atomic E-state index is 12.8. The number of carbonyl (C=O) groups is 1. The van der Waals surface area contributed by atoms with Crippen LogP contribution >= 0.6 is 0 Å². The first-order chi connectivity index (χ1) is 18.1. The number of hydrogen-bond acceptors (Lipinski definition) is 2. The van der Waals surface area contributed by atoms with Crippen LogP contribution in [-0.4, -0.2) is 12.4 Å². The third-order valence-electron chi connectivity index (χ3n) is 7.52. The minimum atomic E-state index is 0.113. The lowest BCUT2D eigenvalue weighted by molar-refractivity contribution is 0.0922. The lowest BCUT2D eigenvalue weighted by atomic mass is 9.93. The summed E-state index contributed by atoms with van der Waals surface area (Å²) in [7, 11) is 0. The van der Waals surface area contributed by atoms with Crippen molar-refractivity contribution in [3.05, 3.63) is 77.4 Å². The third kappa shape index (κ3) is 9.99. The first-order valence-electron chi connectivity index (χ1n) is 14.9. The quantitative estimate of drug-likeness (QED) is 0.128. The van der Waals surface area contributed by atoms with Crippen molar-refractivity contribution in [2.45, 2.75) is 104 Å². The molecule has 1 atom stereocenters. The summed E-state index contributed by atoms with van der Waals surface area (Å²) < 4.78 is 6.00. The number of aryl methyl sites for hydroxylation is 2. The molecule has 0 saturated heterocycles. The molecule has 2 heteroatoms. The van der Waals surface area contributed by atoms with Gasteiger partial charge in [0.25, 0.3) is 0 Å². The van der Waals surface area contributed by atoms with Gasteiger partial charge in [-0.2, -0.15) is 0 Å². The summed E-state index contributed by atoms with van der Waals surface area (Å²) >= 11 is 0.